The SMILES string of the molecule is Cc1ccc(C2=C(SCc3ccccc3)C(=O)N(c3cccc(Cl)c3)C2=O)c(C)c1. The van der Waals surface area contributed by atoms with E-state index in [-0.39, 0.29) is 11.8 Å². The summed E-state index contributed by atoms with van der Waals surface area (Å²) in [6.45, 7) is 3.98. The van der Waals surface area contributed by atoms with E-state index in [1.54, 1.807) is 24.3 Å². The van der Waals surface area contributed by atoms with Crippen molar-refractivity contribution in [2.45, 2.75) is 19.6 Å². The predicted molar refractivity (Wildman–Crippen MR) is 125 cm³/mol. The fourth-order valence-corrected chi connectivity index (χ4v) is 4.80. The monoisotopic (exact) mass is 433 g/mol. The van der Waals surface area contributed by atoms with Gasteiger partial charge in [0.05, 0.1) is 16.2 Å². The molecular weight excluding hydrogens is 414 g/mol. The van der Waals surface area contributed by atoms with Crippen LogP contribution in [0.1, 0.15) is 22.3 Å². The van der Waals surface area contributed by atoms with Crippen LogP contribution < -0.4 is 4.90 Å². The van der Waals surface area contributed by atoms with Crippen molar-refractivity contribution < 1.29 is 9.59 Å². The third-order valence-corrected chi connectivity index (χ3v) is 6.37. The maximum absolute atomic E-state index is 13.5. The first-order valence-corrected chi connectivity index (χ1v) is 10.9. The van der Waals surface area contributed by atoms with Gasteiger partial charge < -0.3 is 0 Å². The van der Waals surface area contributed by atoms with Crippen molar-refractivity contribution in [2.75, 3.05) is 4.90 Å². The lowest BCUT2D eigenvalue weighted by Crippen LogP contribution is -2.31. The van der Waals surface area contributed by atoms with Crippen molar-refractivity contribution in [3.63, 3.8) is 0 Å². The molecule has 3 aromatic rings. The first kappa shape index (κ1) is 20.5. The Hall–Kier alpha value is -2.82. The Morgan fingerprint density at radius 1 is 0.867 bits per heavy atom. The second kappa shape index (κ2) is 8.50. The van der Waals surface area contributed by atoms with Crippen LogP contribution in [0.4, 0.5) is 5.69 Å². The second-order valence-corrected chi connectivity index (χ2v) is 8.64. The zero-order chi connectivity index (χ0) is 21.3. The number of rotatable bonds is 5. The minimum atomic E-state index is -0.315. The Bertz CT molecular complexity index is 1170. The van der Waals surface area contributed by atoms with Crippen LogP contribution in [0, 0.1) is 13.8 Å². The van der Waals surface area contributed by atoms with Crippen molar-refractivity contribution in [3.05, 3.63) is 105 Å². The highest BCUT2D eigenvalue weighted by molar-refractivity contribution is 8.03. The van der Waals surface area contributed by atoms with Gasteiger partial charge in [-0.2, -0.15) is 0 Å². The lowest BCUT2D eigenvalue weighted by Gasteiger charge is -2.15. The van der Waals surface area contributed by atoms with Gasteiger partial charge in [0.15, 0.2) is 0 Å². The molecular formula is C25H20ClNO2S. The number of carbonyl (C=O) groups excluding carboxylic acids is 2. The Morgan fingerprint density at radius 3 is 2.33 bits per heavy atom. The van der Waals surface area contributed by atoms with Gasteiger partial charge in [-0.3, -0.25) is 9.59 Å². The van der Waals surface area contributed by atoms with Crippen LogP contribution >= 0.6 is 23.4 Å². The van der Waals surface area contributed by atoms with Gasteiger partial charge in [0, 0.05) is 10.8 Å². The number of hydrogen-bond donors (Lipinski definition) is 0. The third-order valence-electron chi connectivity index (χ3n) is 4.98. The van der Waals surface area contributed by atoms with Gasteiger partial charge in [-0.15, -0.1) is 11.8 Å². The second-order valence-electron chi connectivity index (χ2n) is 7.22. The van der Waals surface area contributed by atoms with Crippen LogP contribution in [0.2, 0.25) is 5.02 Å². The van der Waals surface area contributed by atoms with Crippen molar-refractivity contribution in [1.82, 2.24) is 0 Å². The van der Waals surface area contributed by atoms with E-state index in [4.69, 9.17) is 11.6 Å². The quantitative estimate of drug-likeness (QED) is 0.451. The molecule has 5 heteroatoms. The van der Waals surface area contributed by atoms with E-state index in [1.165, 1.54) is 16.7 Å². The molecule has 0 unspecified atom stereocenters. The normalized spacial score (nSPS) is 14.0. The summed E-state index contributed by atoms with van der Waals surface area (Å²) in [5.74, 6) is -0.0181. The topological polar surface area (TPSA) is 37.4 Å². The number of benzene rings is 3. The third kappa shape index (κ3) is 3.93. The highest BCUT2D eigenvalue weighted by atomic mass is 35.5. The predicted octanol–water partition coefficient (Wildman–Crippen LogP) is 6.17. The summed E-state index contributed by atoms with van der Waals surface area (Å²) in [6.07, 6.45) is 0. The van der Waals surface area contributed by atoms with Gasteiger partial charge in [0.25, 0.3) is 11.8 Å². The first-order chi connectivity index (χ1) is 14.5. The van der Waals surface area contributed by atoms with Crippen molar-refractivity contribution >= 4 is 46.4 Å². The van der Waals surface area contributed by atoms with Crippen molar-refractivity contribution in [3.8, 4) is 0 Å². The molecule has 0 atom stereocenters. The molecule has 3 aromatic carbocycles. The van der Waals surface area contributed by atoms with Gasteiger partial charge in [0.2, 0.25) is 0 Å². The maximum Gasteiger partial charge on any atom is 0.272 e. The number of anilines is 1. The fraction of sp³-hybridized carbons (Fsp3) is 0.120. The number of imide groups is 1. The number of carbonyl (C=O) groups is 2. The standard InChI is InChI=1S/C25H20ClNO2S/c1-16-11-12-21(17(2)13-16)22-23(30-15-18-7-4-3-5-8-18)25(29)27(24(22)28)20-10-6-9-19(26)14-20/h3-14H,15H2,1-2H3. The zero-order valence-corrected chi connectivity index (χ0v) is 18.3. The molecule has 0 aromatic heterocycles. The fourth-order valence-electron chi connectivity index (χ4n) is 3.55. The van der Waals surface area contributed by atoms with Crippen LogP contribution in [-0.2, 0) is 15.3 Å². The summed E-state index contributed by atoms with van der Waals surface area (Å²) >= 11 is 7.53. The minimum Gasteiger partial charge on any atom is -0.268 e. The number of nitrogens with zero attached hydrogens (tertiary/aromatic N) is 1. The summed E-state index contributed by atoms with van der Waals surface area (Å²) in [7, 11) is 0. The van der Waals surface area contributed by atoms with Gasteiger partial charge in [-0.25, -0.2) is 4.90 Å². The van der Waals surface area contributed by atoms with E-state index >= 15 is 0 Å². The Labute approximate surface area is 185 Å². The molecule has 0 N–H and O–H groups in total. The van der Waals surface area contributed by atoms with Gasteiger partial charge in [0.1, 0.15) is 0 Å². The minimum absolute atomic E-state index is 0.307. The molecule has 30 heavy (non-hydrogen) atoms. The Balaban J connectivity index is 1.79. The summed E-state index contributed by atoms with van der Waals surface area (Å²) < 4.78 is 0. The van der Waals surface area contributed by atoms with Crippen LogP contribution in [0.3, 0.4) is 0 Å². The molecule has 3 nitrogen and oxygen atoms in total. The molecule has 0 bridgehead atoms. The smallest absolute Gasteiger partial charge is 0.268 e. The summed E-state index contributed by atoms with van der Waals surface area (Å²) in [4.78, 5) is 28.6. The number of hydrogen-bond acceptors (Lipinski definition) is 3. The molecule has 0 fully saturated rings. The molecule has 1 aliphatic rings. The summed E-state index contributed by atoms with van der Waals surface area (Å²) in [5, 5.41) is 0.478. The van der Waals surface area contributed by atoms with Crippen molar-refractivity contribution in [1.29, 1.82) is 0 Å². The maximum atomic E-state index is 13.5. The van der Waals surface area contributed by atoms with Gasteiger partial charge in [-0.1, -0.05) is 71.8 Å². The van der Waals surface area contributed by atoms with E-state index in [1.807, 2.05) is 62.4 Å². The molecule has 0 spiro atoms. The molecule has 0 saturated carbocycles. The largest absolute Gasteiger partial charge is 0.272 e. The van der Waals surface area contributed by atoms with Gasteiger partial charge >= 0.3 is 0 Å². The van der Waals surface area contributed by atoms with E-state index in [0.717, 1.165) is 22.3 Å². The number of aryl methyl sites for hydroxylation is 2. The number of amides is 2. The molecule has 150 valence electrons. The van der Waals surface area contributed by atoms with E-state index in [0.29, 0.717) is 26.9 Å². The van der Waals surface area contributed by atoms with Crippen LogP contribution in [-0.4, -0.2) is 11.8 Å². The lowest BCUT2D eigenvalue weighted by molar-refractivity contribution is -0.119. The van der Waals surface area contributed by atoms with Crippen LogP contribution in [0.25, 0.3) is 5.57 Å². The highest BCUT2D eigenvalue weighted by Crippen LogP contribution is 2.40. The van der Waals surface area contributed by atoms with Crippen LogP contribution in [0.15, 0.2) is 77.7 Å². The van der Waals surface area contributed by atoms with Crippen LogP contribution in [0.5, 0.6) is 0 Å². The summed E-state index contributed by atoms with van der Waals surface area (Å²) in [5.41, 5.74) is 4.90. The number of halogens is 1. The molecule has 1 aliphatic heterocycles. The average Bonchev–Trinajstić information content (AvgIpc) is 2.97. The zero-order valence-electron chi connectivity index (χ0n) is 16.7. The lowest BCUT2D eigenvalue weighted by atomic mass is 9.99. The van der Waals surface area contributed by atoms with E-state index in [9.17, 15) is 9.59 Å². The summed E-state index contributed by atoms with van der Waals surface area (Å²) in [6, 6.07) is 22.7. The molecule has 2 amide bonds. The van der Waals surface area contributed by atoms with Gasteiger partial charge in [-0.05, 0) is 48.7 Å². The van der Waals surface area contributed by atoms with E-state index in [2.05, 4.69) is 0 Å². The van der Waals surface area contributed by atoms with E-state index < -0.39 is 0 Å². The molecule has 0 saturated heterocycles. The van der Waals surface area contributed by atoms with Crippen molar-refractivity contribution in [2.24, 2.45) is 0 Å². The average molecular weight is 434 g/mol. The molecule has 1 heterocycles. The molecule has 0 aliphatic carbocycles. The number of thioether (sulfide) groups is 1. The highest BCUT2D eigenvalue weighted by Gasteiger charge is 2.40. The molecule has 4 rings (SSSR count). The Kier molecular flexibility index (Phi) is 5.80. The Morgan fingerprint density at radius 2 is 1.63 bits per heavy atom. The first-order valence-electron chi connectivity index (χ1n) is 9.58. The molecule has 0 radical (unpaired) electrons.